The Labute approximate surface area is 161 Å². The highest BCUT2D eigenvalue weighted by atomic mass is 32.1. The van der Waals surface area contributed by atoms with Crippen molar-refractivity contribution in [3.8, 4) is 11.3 Å². The SMILES string of the molecule is Cn1nccc1-c1csc(C(=O)NC(CN)c2cccc3ccccc23)c1. The summed E-state index contributed by atoms with van der Waals surface area (Å²) >= 11 is 1.42. The van der Waals surface area contributed by atoms with Crippen molar-refractivity contribution in [3.63, 3.8) is 0 Å². The van der Waals surface area contributed by atoms with Crippen molar-refractivity contribution in [2.24, 2.45) is 12.8 Å². The summed E-state index contributed by atoms with van der Waals surface area (Å²) in [5.41, 5.74) is 9.00. The monoisotopic (exact) mass is 376 g/mol. The number of rotatable bonds is 5. The highest BCUT2D eigenvalue weighted by molar-refractivity contribution is 7.12. The van der Waals surface area contributed by atoms with E-state index >= 15 is 0 Å². The summed E-state index contributed by atoms with van der Waals surface area (Å²) in [6, 6.07) is 17.8. The summed E-state index contributed by atoms with van der Waals surface area (Å²) in [7, 11) is 1.89. The highest BCUT2D eigenvalue weighted by Gasteiger charge is 2.18. The van der Waals surface area contributed by atoms with Crippen LogP contribution in [0.5, 0.6) is 0 Å². The molecule has 6 heteroatoms. The molecule has 2 aromatic heterocycles. The molecule has 5 nitrogen and oxygen atoms in total. The van der Waals surface area contributed by atoms with Gasteiger partial charge >= 0.3 is 0 Å². The van der Waals surface area contributed by atoms with Gasteiger partial charge in [0.25, 0.3) is 5.91 Å². The van der Waals surface area contributed by atoms with E-state index in [1.54, 1.807) is 10.9 Å². The summed E-state index contributed by atoms with van der Waals surface area (Å²) < 4.78 is 1.79. The fourth-order valence-corrected chi connectivity index (χ4v) is 4.10. The summed E-state index contributed by atoms with van der Waals surface area (Å²) in [6.07, 6.45) is 1.75. The first-order chi connectivity index (χ1) is 13.2. The van der Waals surface area contributed by atoms with E-state index in [1.165, 1.54) is 11.3 Å². The Morgan fingerprint density at radius 1 is 1.22 bits per heavy atom. The van der Waals surface area contributed by atoms with Gasteiger partial charge in [-0.2, -0.15) is 5.10 Å². The lowest BCUT2D eigenvalue weighted by molar-refractivity contribution is 0.0942. The number of nitrogens with two attached hydrogens (primary N) is 1. The van der Waals surface area contributed by atoms with Crippen LogP contribution >= 0.6 is 11.3 Å². The first-order valence-corrected chi connectivity index (χ1v) is 9.61. The number of fused-ring (bicyclic) bond motifs is 1. The molecule has 3 N–H and O–H groups in total. The zero-order valence-electron chi connectivity index (χ0n) is 14.9. The molecule has 2 heterocycles. The maximum atomic E-state index is 12.8. The third-order valence-electron chi connectivity index (χ3n) is 4.68. The fraction of sp³-hybridized carbons (Fsp3) is 0.143. The lowest BCUT2D eigenvalue weighted by atomic mass is 9.98. The molecule has 0 spiro atoms. The van der Waals surface area contributed by atoms with Gasteiger partial charge in [0.2, 0.25) is 0 Å². The third-order valence-corrected chi connectivity index (χ3v) is 5.61. The molecule has 0 aliphatic heterocycles. The van der Waals surface area contributed by atoms with E-state index in [4.69, 9.17) is 5.73 Å². The van der Waals surface area contributed by atoms with E-state index in [0.717, 1.165) is 27.6 Å². The number of benzene rings is 2. The van der Waals surface area contributed by atoms with Crippen LogP contribution in [-0.4, -0.2) is 22.2 Å². The largest absolute Gasteiger partial charge is 0.343 e. The Hall–Kier alpha value is -2.96. The van der Waals surface area contributed by atoms with Crippen LogP contribution < -0.4 is 11.1 Å². The highest BCUT2D eigenvalue weighted by Crippen LogP contribution is 2.27. The number of hydrogen-bond acceptors (Lipinski definition) is 4. The Bertz CT molecular complexity index is 1090. The molecular formula is C21H20N4OS. The van der Waals surface area contributed by atoms with Gasteiger partial charge in [-0.15, -0.1) is 11.3 Å². The number of nitrogens with zero attached hydrogens (tertiary/aromatic N) is 2. The minimum Gasteiger partial charge on any atom is -0.343 e. The predicted molar refractivity (Wildman–Crippen MR) is 110 cm³/mol. The summed E-state index contributed by atoms with van der Waals surface area (Å²) in [4.78, 5) is 13.5. The van der Waals surface area contributed by atoms with Crippen molar-refractivity contribution in [1.29, 1.82) is 0 Å². The lowest BCUT2D eigenvalue weighted by Crippen LogP contribution is -2.33. The number of nitrogens with one attached hydrogen (secondary N) is 1. The van der Waals surface area contributed by atoms with E-state index in [-0.39, 0.29) is 11.9 Å². The number of aryl methyl sites for hydroxylation is 1. The minimum absolute atomic E-state index is 0.114. The summed E-state index contributed by atoms with van der Waals surface area (Å²) in [5.74, 6) is -0.114. The number of carbonyl (C=O) groups is 1. The zero-order valence-corrected chi connectivity index (χ0v) is 15.7. The van der Waals surface area contributed by atoms with Crippen LogP contribution in [-0.2, 0) is 7.05 Å². The lowest BCUT2D eigenvalue weighted by Gasteiger charge is -2.19. The van der Waals surface area contributed by atoms with Gasteiger partial charge in [0.15, 0.2) is 0 Å². The van der Waals surface area contributed by atoms with Gasteiger partial charge in [0, 0.05) is 30.7 Å². The number of amides is 1. The Morgan fingerprint density at radius 3 is 2.81 bits per heavy atom. The number of carbonyl (C=O) groups excluding carboxylic acids is 1. The van der Waals surface area contributed by atoms with Crippen LogP contribution in [0.15, 0.2) is 66.2 Å². The average molecular weight is 376 g/mol. The number of aromatic nitrogens is 2. The van der Waals surface area contributed by atoms with E-state index in [1.807, 2.05) is 48.8 Å². The molecule has 1 amide bonds. The van der Waals surface area contributed by atoms with Crippen LogP contribution in [0.1, 0.15) is 21.3 Å². The van der Waals surface area contributed by atoms with E-state index < -0.39 is 0 Å². The third kappa shape index (κ3) is 3.37. The van der Waals surface area contributed by atoms with Gasteiger partial charge in [-0.05, 0) is 28.5 Å². The van der Waals surface area contributed by atoms with Crippen molar-refractivity contribution in [2.45, 2.75) is 6.04 Å². The van der Waals surface area contributed by atoms with Crippen molar-refractivity contribution in [2.75, 3.05) is 6.54 Å². The maximum Gasteiger partial charge on any atom is 0.261 e. The van der Waals surface area contributed by atoms with Gasteiger partial charge < -0.3 is 11.1 Å². The van der Waals surface area contributed by atoms with Crippen molar-refractivity contribution in [3.05, 3.63) is 76.6 Å². The Kier molecular flexibility index (Phi) is 4.75. The smallest absolute Gasteiger partial charge is 0.261 e. The van der Waals surface area contributed by atoms with Gasteiger partial charge in [0.1, 0.15) is 0 Å². The fourth-order valence-electron chi connectivity index (χ4n) is 3.29. The predicted octanol–water partition coefficient (Wildman–Crippen LogP) is 3.73. The molecule has 0 saturated heterocycles. The van der Waals surface area contributed by atoms with Crippen LogP contribution in [0.2, 0.25) is 0 Å². The zero-order chi connectivity index (χ0) is 18.8. The van der Waals surface area contributed by atoms with Gasteiger partial charge in [-0.1, -0.05) is 42.5 Å². The van der Waals surface area contributed by atoms with E-state index in [9.17, 15) is 4.79 Å². The first-order valence-electron chi connectivity index (χ1n) is 8.73. The molecule has 2 aromatic carbocycles. The molecule has 136 valence electrons. The molecule has 0 saturated carbocycles. The molecule has 0 aliphatic rings. The van der Waals surface area contributed by atoms with E-state index in [2.05, 4.69) is 28.6 Å². The Morgan fingerprint density at radius 2 is 2.04 bits per heavy atom. The number of hydrogen-bond donors (Lipinski definition) is 2. The van der Waals surface area contributed by atoms with E-state index in [0.29, 0.717) is 11.4 Å². The molecular weight excluding hydrogens is 356 g/mol. The maximum absolute atomic E-state index is 12.8. The second-order valence-corrected chi connectivity index (χ2v) is 7.28. The molecule has 4 aromatic rings. The second-order valence-electron chi connectivity index (χ2n) is 6.37. The van der Waals surface area contributed by atoms with Crippen molar-refractivity contribution in [1.82, 2.24) is 15.1 Å². The summed E-state index contributed by atoms with van der Waals surface area (Å²) in [6.45, 7) is 0.333. The molecule has 1 unspecified atom stereocenters. The standard InChI is InChI=1S/C21H20N4OS/c1-25-19(9-10-23-25)15-11-20(27-13-15)21(26)24-18(12-22)17-8-4-6-14-5-2-3-7-16(14)17/h2-11,13,18H,12,22H2,1H3,(H,24,26). The van der Waals surface area contributed by atoms with Crippen LogP contribution in [0.25, 0.3) is 22.0 Å². The summed E-state index contributed by atoms with van der Waals surface area (Å²) in [5, 5.41) is 11.5. The van der Waals surface area contributed by atoms with Crippen LogP contribution in [0, 0.1) is 0 Å². The van der Waals surface area contributed by atoms with Crippen molar-refractivity contribution >= 4 is 28.0 Å². The van der Waals surface area contributed by atoms with Gasteiger partial charge in [-0.3, -0.25) is 9.48 Å². The molecule has 27 heavy (non-hydrogen) atoms. The molecule has 0 bridgehead atoms. The topological polar surface area (TPSA) is 72.9 Å². The minimum atomic E-state index is -0.245. The molecule has 0 fully saturated rings. The quantitative estimate of drug-likeness (QED) is 0.557. The molecule has 0 aliphatic carbocycles. The molecule has 1 atom stereocenters. The average Bonchev–Trinajstić information content (AvgIpc) is 3.34. The van der Waals surface area contributed by atoms with Gasteiger partial charge in [-0.25, -0.2) is 0 Å². The first kappa shape index (κ1) is 17.5. The normalized spacial score (nSPS) is 12.2. The molecule has 4 rings (SSSR count). The van der Waals surface area contributed by atoms with Crippen molar-refractivity contribution < 1.29 is 4.79 Å². The van der Waals surface area contributed by atoms with Crippen LogP contribution in [0.3, 0.4) is 0 Å². The second kappa shape index (κ2) is 7.34. The Balaban J connectivity index is 1.59. The van der Waals surface area contributed by atoms with Crippen LogP contribution in [0.4, 0.5) is 0 Å². The van der Waals surface area contributed by atoms with Gasteiger partial charge in [0.05, 0.1) is 16.6 Å². The number of thiophene rings is 1. The molecule has 0 radical (unpaired) electrons.